The number of anilines is 1. The summed E-state index contributed by atoms with van der Waals surface area (Å²) in [5, 5.41) is 7.56. The molecule has 6 nitrogen and oxygen atoms in total. The van der Waals surface area contributed by atoms with Crippen LogP contribution in [0.15, 0.2) is 52.1 Å². The summed E-state index contributed by atoms with van der Waals surface area (Å²) in [6, 6.07) is 8.94. The van der Waals surface area contributed by atoms with E-state index in [1.807, 2.05) is 0 Å². The predicted molar refractivity (Wildman–Crippen MR) is 92.0 cm³/mol. The van der Waals surface area contributed by atoms with Crippen molar-refractivity contribution < 1.29 is 12.8 Å². The molecule has 1 N–H and O–H groups in total. The first-order valence-electron chi connectivity index (χ1n) is 6.41. The molecule has 0 atom stereocenters. The molecule has 3 rings (SSSR count). The van der Waals surface area contributed by atoms with Crippen LogP contribution < -0.4 is 4.72 Å². The van der Waals surface area contributed by atoms with Gasteiger partial charge in [0.15, 0.2) is 0 Å². The van der Waals surface area contributed by atoms with E-state index in [1.54, 1.807) is 24.3 Å². The van der Waals surface area contributed by atoms with Gasteiger partial charge in [0.05, 0.1) is 15.1 Å². The van der Waals surface area contributed by atoms with Crippen molar-refractivity contribution >= 4 is 50.5 Å². The Morgan fingerprint density at radius 1 is 1.00 bits per heavy atom. The Kier molecular flexibility index (Phi) is 4.69. The van der Waals surface area contributed by atoms with Crippen LogP contribution in [-0.4, -0.2) is 18.6 Å². The second-order valence-electron chi connectivity index (χ2n) is 4.63. The molecule has 10 heteroatoms. The minimum atomic E-state index is -3.96. The minimum absolute atomic E-state index is 0.0371. The lowest BCUT2D eigenvalue weighted by Gasteiger charge is -2.11. The molecule has 1 heterocycles. The fraction of sp³-hybridized carbons (Fsp3) is 0. The van der Waals surface area contributed by atoms with Crippen molar-refractivity contribution in [3.05, 3.63) is 57.9 Å². The van der Waals surface area contributed by atoms with Crippen molar-refractivity contribution in [3.63, 3.8) is 0 Å². The van der Waals surface area contributed by atoms with Gasteiger partial charge in [0.2, 0.25) is 12.3 Å². The summed E-state index contributed by atoms with van der Waals surface area (Å²) >= 11 is 17.7. The number of sulfonamides is 1. The molecule has 2 aromatic carbocycles. The van der Waals surface area contributed by atoms with Crippen LogP contribution in [-0.2, 0) is 10.0 Å². The number of hydrogen-bond donors (Lipinski definition) is 1. The zero-order valence-electron chi connectivity index (χ0n) is 11.7. The highest BCUT2D eigenvalue weighted by atomic mass is 35.5. The highest BCUT2D eigenvalue weighted by Crippen LogP contribution is 2.32. The lowest BCUT2D eigenvalue weighted by molar-refractivity contribution is 0.568. The molecule has 0 fully saturated rings. The lowest BCUT2D eigenvalue weighted by Crippen LogP contribution is -2.13. The second-order valence-corrected chi connectivity index (χ2v) is 7.50. The summed E-state index contributed by atoms with van der Waals surface area (Å²) in [5.74, 6) is 0.267. The second kappa shape index (κ2) is 6.60. The summed E-state index contributed by atoms with van der Waals surface area (Å²) in [7, 11) is -3.96. The molecule has 0 amide bonds. The summed E-state index contributed by atoms with van der Waals surface area (Å²) in [5.41, 5.74) is 0.862. The van der Waals surface area contributed by atoms with E-state index >= 15 is 0 Å². The van der Waals surface area contributed by atoms with Gasteiger partial charge in [0.1, 0.15) is 4.90 Å². The molecule has 0 aliphatic rings. The Morgan fingerprint density at radius 2 is 1.75 bits per heavy atom. The Morgan fingerprint density at radius 3 is 2.46 bits per heavy atom. The van der Waals surface area contributed by atoms with Crippen LogP contribution in [0, 0.1) is 0 Å². The number of rotatable bonds is 4. The highest BCUT2D eigenvalue weighted by molar-refractivity contribution is 7.92. The monoisotopic (exact) mass is 403 g/mol. The number of hydrogen-bond acceptors (Lipinski definition) is 5. The zero-order valence-corrected chi connectivity index (χ0v) is 14.8. The lowest BCUT2D eigenvalue weighted by atomic mass is 10.2. The highest BCUT2D eigenvalue weighted by Gasteiger charge is 2.20. The molecule has 0 radical (unpaired) electrons. The average Bonchev–Trinajstić information content (AvgIpc) is 3.05. The van der Waals surface area contributed by atoms with Gasteiger partial charge in [-0.3, -0.25) is 4.72 Å². The molecule has 0 unspecified atom stereocenters. The van der Waals surface area contributed by atoms with Crippen LogP contribution in [0.5, 0.6) is 0 Å². The fourth-order valence-corrected chi connectivity index (χ4v) is 3.99. The van der Waals surface area contributed by atoms with E-state index < -0.39 is 10.0 Å². The van der Waals surface area contributed by atoms with Crippen LogP contribution >= 0.6 is 34.8 Å². The van der Waals surface area contributed by atoms with Crippen molar-refractivity contribution in [2.75, 3.05) is 4.72 Å². The van der Waals surface area contributed by atoms with Gasteiger partial charge in [-0.05, 0) is 30.3 Å². The number of aromatic nitrogens is 2. The van der Waals surface area contributed by atoms with Crippen molar-refractivity contribution in [1.29, 1.82) is 0 Å². The van der Waals surface area contributed by atoms with Crippen LogP contribution in [0.25, 0.3) is 11.5 Å². The normalized spacial score (nSPS) is 11.5. The molecule has 0 spiro atoms. The van der Waals surface area contributed by atoms with Gasteiger partial charge < -0.3 is 4.42 Å². The molecule has 0 bridgehead atoms. The van der Waals surface area contributed by atoms with Gasteiger partial charge in [-0.25, -0.2) is 8.42 Å². The average molecular weight is 405 g/mol. The molecule has 0 aliphatic heterocycles. The van der Waals surface area contributed by atoms with Gasteiger partial charge in [-0.15, -0.1) is 10.2 Å². The molecule has 0 aliphatic carbocycles. The Labute approximate surface area is 152 Å². The van der Waals surface area contributed by atoms with E-state index in [-0.39, 0.29) is 25.9 Å². The van der Waals surface area contributed by atoms with Crippen molar-refractivity contribution in [2.24, 2.45) is 0 Å². The maximum absolute atomic E-state index is 12.5. The van der Waals surface area contributed by atoms with E-state index in [1.165, 1.54) is 18.5 Å². The topological polar surface area (TPSA) is 85.1 Å². The minimum Gasteiger partial charge on any atom is -0.423 e. The van der Waals surface area contributed by atoms with Gasteiger partial charge in [0, 0.05) is 11.3 Å². The quantitative estimate of drug-likeness (QED) is 0.647. The summed E-state index contributed by atoms with van der Waals surface area (Å²) < 4.78 is 32.6. The zero-order chi connectivity index (χ0) is 17.3. The first kappa shape index (κ1) is 17.0. The Balaban J connectivity index is 1.96. The predicted octanol–water partition coefficient (Wildman–Crippen LogP) is 4.50. The first-order chi connectivity index (χ1) is 11.4. The van der Waals surface area contributed by atoms with Gasteiger partial charge >= 0.3 is 0 Å². The molecule has 1 aromatic heterocycles. The van der Waals surface area contributed by atoms with Crippen molar-refractivity contribution in [2.45, 2.75) is 4.90 Å². The number of halogens is 3. The maximum Gasteiger partial charge on any atom is 0.263 e. The van der Waals surface area contributed by atoms with E-state index in [0.717, 1.165) is 0 Å². The van der Waals surface area contributed by atoms with Gasteiger partial charge in [-0.2, -0.15) is 0 Å². The van der Waals surface area contributed by atoms with E-state index in [9.17, 15) is 8.42 Å². The molecule has 24 heavy (non-hydrogen) atoms. The smallest absolute Gasteiger partial charge is 0.263 e. The molecule has 0 saturated heterocycles. The third kappa shape index (κ3) is 3.49. The molecule has 3 aromatic rings. The Bertz CT molecular complexity index is 992. The summed E-state index contributed by atoms with van der Waals surface area (Å²) in [6.45, 7) is 0. The molecular formula is C14H8Cl3N3O3S. The summed E-state index contributed by atoms with van der Waals surface area (Å²) in [4.78, 5) is -0.179. The third-order valence-corrected chi connectivity index (χ3v) is 5.55. The number of nitrogens with one attached hydrogen (secondary N) is 1. The van der Waals surface area contributed by atoms with Crippen LogP contribution in [0.2, 0.25) is 15.1 Å². The van der Waals surface area contributed by atoms with E-state index in [4.69, 9.17) is 39.2 Å². The summed E-state index contributed by atoms with van der Waals surface area (Å²) in [6.07, 6.45) is 1.18. The van der Waals surface area contributed by atoms with E-state index in [2.05, 4.69) is 14.9 Å². The number of benzene rings is 2. The fourth-order valence-electron chi connectivity index (χ4n) is 1.93. The Hall–Kier alpha value is -1.80. The molecular weight excluding hydrogens is 397 g/mol. The largest absolute Gasteiger partial charge is 0.423 e. The van der Waals surface area contributed by atoms with Crippen LogP contribution in [0.1, 0.15) is 0 Å². The van der Waals surface area contributed by atoms with Crippen molar-refractivity contribution in [3.8, 4) is 11.5 Å². The first-order valence-corrected chi connectivity index (χ1v) is 9.02. The van der Waals surface area contributed by atoms with E-state index in [0.29, 0.717) is 11.3 Å². The van der Waals surface area contributed by atoms with Crippen LogP contribution in [0.3, 0.4) is 0 Å². The van der Waals surface area contributed by atoms with Crippen LogP contribution in [0.4, 0.5) is 5.69 Å². The molecule has 124 valence electrons. The third-order valence-electron chi connectivity index (χ3n) is 2.99. The standard InChI is InChI=1S/C14H8Cl3N3O3S/c15-10-5-12(17)13(6-11(10)16)24(21,22)20-9-3-1-2-8(4-9)14-19-18-7-23-14/h1-7,20H. The maximum atomic E-state index is 12.5. The number of nitrogens with zero attached hydrogens (tertiary/aromatic N) is 2. The van der Waals surface area contributed by atoms with Gasteiger partial charge in [0.25, 0.3) is 10.0 Å². The van der Waals surface area contributed by atoms with Gasteiger partial charge in [-0.1, -0.05) is 40.9 Å². The SMILES string of the molecule is O=S(=O)(Nc1cccc(-c2nnco2)c1)c1cc(Cl)c(Cl)cc1Cl. The van der Waals surface area contributed by atoms with Crippen molar-refractivity contribution in [1.82, 2.24) is 10.2 Å². The molecule has 0 saturated carbocycles.